The largest absolute Gasteiger partial charge is 0.494 e. The van der Waals surface area contributed by atoms with E-state index in [0.717, 1.165) is 68.6 Å². The summed E-state index contributed by atoms with van der Waals surface area (Å²) in [4.78, 5) is 24.2. The lowest BCUT2D eigenvalue weighted by molar-refractivity contribution is 0.0696. The number of aryl methyl sites for hydroxylation is 1. The highest BCUT2D eigenvalue weighted by Crippen LogP contribution is 2.24. The quantitative estimate of drug-likeness (QED) is 0.235. The molecule has 2 aliphatic heterocycles. The monoisotopic (exact) mass is 486 g/mol. The molecule has 0 spiro atoms. The molecule has 2 aliphatic rings. The molecule has 0 saturated carbocycles. The Labute approximate surface area is 209 Å². The molecule has 0 bridgehead atoms. The predicted molar refractivity (Wildman–Crippen MR) is 138 cm³/mol. The Kier molecular flexibility index (Phi) is 10.4. The van der Waals surface area contributed by atoms with Crippen molar-refractivity contribution in [2.75, 3.05) is 32.9 Å². The molecule has 0 aliphatic carbocycles. The Bertz CT molecular complexity index is 872. The van der Waals surface area contributed by atoms with Crippen molar-refractivity contribution in [1.82, 2.24) is 10.2 Å². The van der Waals surface area contributed by atoms with E-state index in [1.54, 1.807) is 0 Å². The van der Waals surface area contributed by atoms with Crippen molar-refractivity contribution in [2.24, 2.45) is 22.7 Å². The number of amidine groups is 1. The fraction of sp³-hybridized carbons (Fsp3) is 0.630. The van der Waals surface area contributed by atoms with Gasteiger partial charge in [0.1, 0.15) is 5.75 Å². The van der Waals surface area contributed by atoms with Crippen LogP contribution in [0.5, 0.6) is 5.75 Å². The number of piperidine rings is 1. The summed E-state index contributed by atoms with van der Waals surface area (Å²) in [7, 11) is 0. The normalized spacial score (nSPS) is 18.0. The lowest BCUT2D eigenvalue weighted by Crippen LogP contribution is -2.41. The van der Waals surface area contributed by atoms with Crippen LogP contribution in [0.25, 0.3) is 0 Å². The van der Waals surface area contributed by atoms with E-state index in [9.17, 15) is 4.79 Å². The van der Waals surface area contributed by atoms with E-state index in [0.29, 0.717) is 37.3 Å². The topological polar surface area (TPSA) is 98.4 Å². The second-order valence-electron chi connectivity index (χ2n) is 9.92. The fourth-order valence-electron chi connectivity index (χ4n) is 4.48. The van der Waals surface area contributed by atoms with Gasteiger partial charge in [0.2, 0.25) is 0 Å². The first-order valence-corrected chi connectivity index (χ1v) is 12.9. The molecule has 194 valence electrons. The average Bonchev–Trinajstić information content (AvgIpc) is 2.86. The Morgan fingerprint density at radius 1 is 1.26 bits per heavy atom. The number of ether oxygens (including phenoxy) is 2. The summed E-state index contributed by atoms with van der Waals surface area (Å²) in [6.45, 7) is 13.9. The summed E-state index contributed by atoms with van der Waals surface area (Å²) in [6, 6.07) is 6.37. The third kappa shape index (κ3) is 8.25. The van der Waals surface area contributed by atoms with Crippen molar-refractivity contribution < 1.29 is 19.1 Å². The number of nitrogens with two attached hydrogens (primary N) is 1. The molecule has 1 aromatic carbocycles. The van der Waals surface area contributed by atoms with Crippen molar-refractivity contribution in [3.8, 4) is 5.75 Å². The van der Waals surface area contributed by atoms with Crippen LogP contribution in [0.15, 0.2) is 35.5 Å². The average molecular weight is 487 g/mol. The Morgan fingerprint density at radius 3 is 2.60 bits per heavy atom. The highest BCUT2D eigenvalue weighted by molar-refractivity contribution is 5.96. The molecular weight excluding hydrogens is 444 g/mol. The van der Waals surface area contributed by atoms with Crippen molar-refractivity contribution in [3.63, 3.8) is 0 Å². The first kappa shape index (κ1) is 27.0. The van der Waals surface area contributed by atoms with Crippen LogP contribution in [-0.2, 0) is 9.57 Å². The molecule has 1 aromatic rings. The van der Waals surface area contributed by atoms with Gasteiger partial charge >= 0.3 is 6.02 Å². The Hall–Kier alpha value is -2.58. The van der Waals surface area contributed by atoms with E-state index in [1.807, 2.05) is 25.1 Å². The number of hydrogen-bond acceptors (Lipinski definition) is 6. The van der Waals surface area contributed by atoms with Crippen molar-refractivity contribution in [1.29, 1.82) is 0 Å². The molecule has 8 nitrogen and oxygen atoms in total. The van der Waals surface area contributed by atoms with Crippen LogP contribution in [-0.4, -0.2) is 55.8 Å². The maximum atomic E-state index is 12.6. The van der Waals surface area contributed by atoms with Crippen LogP contribution < -0.4 is 16.0 Å². The van der Waals surface area contributed by atoms with Crippen molar-refractivity contribution in [3.05, 3.63) is 41.6 Å². The minimum absolute atomic E-state index is 0.0194. The lowest BCUT2D eigenvalue weighted by Gasteiger charge is -2.32. The number of carbonyl (C=O) groups is 1. The SMILES string of the molecule is C=C(/N=C(\ON)N1CCC(CCCOc2ccc(C(=O)NC3CCOCC3)c(C)c2)CC1)C(C)C. The van der Waals surface area contributed by atoms with E-state index in [4.69, 9.17) is 20.2 Å². The number of nitrogens with one attached hydrogen (secondary N) is 1. The predicted octanol–water partition coefficient (Wildman–Crippen LogP) is 4.19. The summed E-state index contributed by atoms with van der Waals surface area (Å²) in [6.07, 6.45) is 6.00. The van der Waals surface area contributed by atoms with Crippen molar-refractivity contribution >= 4 is 11.9 Å². The standard InChI is InChI=1S/C27H42N4O4/c1-19(2)21(4)29-27(35-28)31-13-9-22(10-14-31)6-5-15-34-24-7-8-25(20(3)18-24)26(32)30-23-11-16-33-17-12-23/h7-8,18-19,22-23H,4-6,9-17,28H2,1-3H3,(H,30,32)/b29-27-. The first-order valence-electron chi connectivity index (χ1n) is 12.9. The summed E-state index contributed by atoms with van der Waals surface area (Å²) >= 11 is 0. The lowest BCUT2D eigenvalue weighted by atomic mass is 9.92. The van der Waals surface area contributed by atoms with E-state index in [-0.39, 0.29) is 17.9 Å². The van der Waals surface area contributed by atoms with Crippen LogP contribution in [0.3, 0.4) is 0 Å². The van der Waals surface area contributed by atoms with Crippen LogP contribution in [0.2, 0.25) is 0 Å². The van der Waals surface area contributed by atoms with Gasteiger partial charge in [-0.15, -0.1) is 0 Å². The number of likely N-dealkylation sites (tertiary alicyclic amines) is 1. The van der Waals surface area contributed by atoms with Gasteiger partial charge in [-0.2, -0.15) is 5.90 Å². The number of carbonyl (C=O) groups excluding carboxylic acids is 1. The second kappa shape index (κ2) is 13.5. The van der Waals surface area contributed by atoms with Crippen LogP contribution >= 0.6 is 0 Å². The summed E-state index contributed by atoms with van der Waals surface area (Å²) in [5.74, 6) is 7.16. The maximum absolute atomic E-state index is 12.6. The van der Waals surface area contributed by atoms with Gasteiger partial charge < -0.3 is 24.5 Å². The molecule has 2 fully saturated rings. The van der Waals surface area contributed by atoms with Gasteiger partial charge in [-0.3, -0.25) is 4.79 Å². The first-order chi connectivity index (χ1) is 16.9. The van der Waals surface area contributed by atoms with Crippen LogP contribution in [0, 0.1) is 18.8 Å². The number of amides is 1. The fourth-order valence-corrected chi connectivity index (χ4v) is 4.48. The van der Waals surface area contributed by atoms with Gasteiger partial charge in [0.25, 0.3) is 5.91 Å². The van der Waals surface area contributed by atoms with Crippen molar-refractivity contribution in [2.45, 2.75) is 65.3 Å². The number of nitrogens with zero attached hydrogens (tertiary/aromatic N) is 2. The summed E-state index contributed by atoms with van der Waals surface area (Å²) in [5.41, 5.74) is 2.41. The maximum Gasteiger partial charge on any atom is 0.311 e. The van der Waals surface area contributed by atoms with Gasteiger partial charge in [0.05, 0.1) is 6.61 Å². The van der Waals surface area contributed by atoms with E-state index < -0.39 is 0 Å². The minimum Gasteiger partial charge on any atom is -0.494 e. The number of benzene rings is 1. The number of hydrogen-bond donors (Lipinski definition) is 2. The van der Waals surface area contributed by atoms with Gasteiger partial charge in [0, 0.05) is 43.6 Å². The molecule has 2 heterocycles. The number of allylic oxidation sites excluding steroid dienone is 1. The molecule has 1 amide bonds. The molecular formula is C27H42N4O4. The second-order valence-corrected chi connectivity index (χ2v) is 9.92. The molecule has 2 saturated heterocycles. The molecule has 8 heteroatoms. The zero-order valence-electron chi connectivity index (χ0n) is 21.6. The molecule has 35 heavy (non-hydrogen) atoms. The zero-order chi connectivity index (χ0) is 25.2. The number of aliphatic imine (C=N–C) groups is 1. The molecule has 3 N–H and O–H groups in total. The highest BCUT2D eigenvalue weighted by Gasteiger charge is 2.23. The van der Waals surface area contributed by atoms with Gasteiger partial charge in [-0.25, -0.2) is 4.99 Å². The third-order valence-electron chi connectivity index (χ3n) is 6.92. The molecule has 3 rings (SSSR count). The van der Waals surface area contributed by atoms with Crippen LogP contribution in [0.1, 0.15) is 68.3 Å². The third-order valence-corrected chi connectivity index (χ3v) is 6.92. The summed E-state index contributed by atoms with van der Waals surface area (Å²) < 4.78 is 11.3. The molecule has 0 aromatic heterocycles. The highest BCUT2D eigenvalue weighted by atomic mass is 16.6. The van der Waals surface area contributed by atoms with E-state index >= 15 is 0 Å². The van der Waals surface area contributed by atoms with Crippen LogP contribution in [0.4, 0.5) is 0 Å². The summed E-state index contributed by atoms with van der Waals surface area (Å²) in [5, 5.41) is 3.12. The smallest absolute Gasteiger partial charge is 0.311 e. The van der Waals surface area contributed by atoms with Gasteiger partial charge in [-0.1, -0.05) is 20.4 Å². The Morgan fingerprint density at radius 2 is 1.97 bits per heavy atom. The van der Waals surface area contributed by atoms with E-state index in [1.165, 1.54) is 0 Å². The van der Waals surface area contributed by atoms with Gasteiger partial charge in [0.15, 0.2) is 0 Å². The van der Waals surface area contributed by atoms with Gasteiger partial charge in [-0.05, 0) is 81.0 Å². The number of rotatable bonds is 9. The zero-order valence-corrected chi connectivity index (χ0v) is 21.6. The molecule has 0 atom stereocenters. The van der Waals surface area contributed by atoms with E-state index in [2.05, 4.69) is 35.6 Å². The minimum atomic E-state index is -0.0194. The molecule has 0 radical (unpaired) electrons. The molecule has 0 unspecified atom stereocenters. The Balaban J connectivity index is 1.37.